The lowest BCUT2D eigenvalue weighted by Gasteiger charge is -2.29. The molecule has 1 heterocycles. The van der Waals surface area contributed by atoms with Gasteiger partial charge in [0.15, 0.2) is 0 Å². The third-order valence-corrected chi connectivity index (χ3v) is 4.89. The van der Waals surface area contributed by atoms with Crippen LogP contribution in [-0.2, 0) is 4.79 Å². The summed E-state index contributed by atoms with van der Waals surface area (Å²) < 4.78 is 5.60. The van der Waals surface area contributed by atoms with E-state index in [9.17, 15) is 9.59 Å². The summed E-state index contributed by atoms with van der Waals surface area (Å²) in [5, 5.41) is 8.50. The molecule has 0 saturated heterocycles. The topological polar surface area (TPSA) is 79.5 Å². The Bertz CT molecular complexity index is 933. The van der Waals surface area contributed by atoms with Crippen LogP contribution in [0.2, 0.25) is 0 Å². The van der Waals surface area contributed by atoms with Gasteiger partial charge in [0.25, 0.3) is 5.91 Å². The molecule has 3 rings (SSSR count). The Hall–Kier alpha value is -3.28. The Morgan fingerprint density at radius 2 is 1.83 bits per heavy atom. The first kappa shape index (κ1) is 20.5. The molecule has 0 spiro atoms. The van der Waals surface area contributed by atoms with E-state index in [0.29, 0.717) is 35.2 Å². The molecule has 152 valence electrons. The summed E-state index contributed by atoms with van der Waals surface area (Å²) in [6.07, 6.45) is 0. The van der Waals surface area contributed by atoms with Crippen LogP contribution < -0.4 is 20.7 Å². The number of ether oxygens (including phenoxy) is 1. The molecule has 29 heavy (non-hydrogen) atoms. The molecule has 1 aliphatic heterocycles. The molecule has 0 radical (unpaired) electrons. The van der Waals surface area contributed by atoms with Crippen LogP contribution in [0.15, 0.2) is 59.8 Å². The Morgan fingerprint density at radius 3 is 2.48 bits per heavy atom. The maximum atomic E-state index is 13.2. The molecule has 0 unspecified atom stereocenters. The molecule has 2 aromatic rings. The average molecular weight is 393 g/mol. The number of hydrogen-bond donors (Lipinski definition) is 3. The van der Waals surface area contributed by atoms with Crippen molar-refractivity contribution in [3.8, 4) is 5.75 Å². The second kappa shape index (κ2) is 8.82. The highest BCUT2D eigenvalue weighted by atomic mass is 16.5. The first-order valence-corrected chi connectivity index (χ1v) is 9.82. The van der Waals surface area contributed by atoms with E-state index < -0.39 is 6.04 Å². The lowest BCUT2D eigenvalue weighted by Crippen LogP contribution is -2.46. The standard InChI is InChI=1S/C23H27N3O3/c1-5-29-19-9-7-6-8-18(19)25-22(27)20-15(4)24-23(28)26-21(20)17-12-10-16(11-13-17)14(2)3/h6-14,21H,5H2,1-4H3,(H,25,27)(H2,24,26,28)/t21-/m1/s1. The minimum Gasteiger partial charge on any atom is -0.492 e. The van der Waals surface area contributed by atoms with Crippen LogP contribution in [0.5, 0.6) is 5.75 Å². The number of benzene rings is 2. The number of rotatable bonds is 6. The van der Waals surface area contributed by atoms with Crippen LogP contribution in [-0.4, -0.2) is 18.5 Å². The largest absolute Gasteiger partial charge is 0.492 e. The molecule has 6 heteroatoms. The minimum atomic E-state index is -0.538. The van der Waals surface area contributed by atoms with Crippen molar-refractivity contribution in [2.75, 3.05) is 11.9 Å². The van der Waals surface area contributed by atoms with Crippen molar-refractivity contribution in [1.82, 2.24) is 10.6 Å². The highest BCUT2D eigenvalue weighted by Gasteiger charge is 2.31. The summed E-state index contributed by atoms with van der Waals surface area (Å²) in [7, 11) is 0. The van der Waals surface area contributed by atoms with Crippen LogP contribution in [0, 0.1) is 0 Å². The normalized spacial score (nSPS) is 16.3. The summed E-state index contributed by atoms with van der Waals surface area (Å²) in [5.41, 5.74) is 3.63. The maximum Gasteiger partial charge on any atom is 0.319 e. The van der Waals surface area contributed by atoms with Gasteiger partial charge in [0.2, 0.25) is 0 Å². The molecule has 6 nitrogen and oxygen atoms in total. The quantitative estimate of drug-likeness (QED) is 0.677. The first-order chi connectivity index (χ1) is 13.9. The molecule has 0 saturated carbocycles. The number of anilines is 1. The third kappa shape index (κ3) is 4.59. The van der Waals surface area contributed by atoms with Crippen molar-refractivity contribution in [1.29, 1.82) is 0 Å². The van der Waals surface area contributed by atoms with Gasteiger partial charge >= 0.3 is 6.03 Å². The monoisotopic (exact) mass is 393 g/mol. The SMILES string of the molecule is CCOc1ccccc1NC(=O)C1=C(C)NC(=O)N[C@@H]1c1ccc(C(C)C)cc1. The molecular formula is C23H27N3O3. The molecular weight excluding hydrogens is 366 g/mol. The fourth-order valence-corrected chi connectivity index (χ4v) is 3.36. The minimum absolute atomic E-state index is 0.292. The first-order valence-electron chi connectivity index (χ1n) is 9.82. The Kier molecular flexibility index (Phi) is 6.22. The van der Waals surface area contributed by atoms with Crippen LogP contribution in [0.3, 0.4) is 0 Å². The smallest absolute Gasteiger partial charge is 0.319 e. The third-order valence-electron chi connectivity index (χ3n) is 4.89. The zero-order valence-corrected chi connectivity index (χ0v) is 17.2. The summed E-state index contributed by atoms with van der Waals surface area (Å²) in [6, 6.07) is 14.4. The molecule has 3 amide bonds. The van der Waals surface area contributed by atoms with Crippen LogP contribution in [0.4, 0.5) is 10.5 Å². The van der Waals surface area contributed by atoms with Crippen molar-refractivity contribution >= 4 is 17.6 Å². The summed E-state index contributed by atoms with van der Waals surface area (Å²) >= 11 is 0. The highest BCUT2D eigenvalue weighted by molar-refractivity contribution is 6.07. The van der Waals surface area contributed by atoms with Crippen molar-refractivity contribution in [2.24, 2.45) is 0 Å². The second-order valence-corrected chi connectivity index (χ2v) is 7.27. The van der Waals surface area contributed by atoms with E-state index in [-0.39, 0.29) is 11.9 Å². The molecule has 0 aliphatic carbocycles. The second-order valence-electron chi connectivity index (χ2n) is 7.27. The number of allylic oxidation sites excluding steroid dienone is 1. The zero-order chi connectivity index (χ0) is 21.0. The van der Waals surface area contributed by atoms with E-state index in [1.807, 2.05) is 49.4 Å². The summed E-state index contributed by atoms with van der Waals surface area (Å²) in [6.45, 7) is 8.37. The number of hydrogen-bond acceptors (Lipinski definition) is 3. The molecule has 1 atom stereocenters. The van der Waals surface area contributed by atoms with Gasteiger partial charge < -0.3 is 20.7 Å². The highest BCUT2D eigenvalue weighted by Crippen LogP contribution is 2.30. The van der Waals surface area contributed by atoms with Gasteiger partial charge in [-0.05, 0) is 43.0 Å². The van der Waals surface area contributed by atoms with E-state index in [1.165, 1.54) is 5.56 Å². The number of carbonyl (C=O) groups is 2. The van der Waals surface area contributed by atoms with Crippen molar-refractivity contribution in [3.05, 3.63) is 70.9 Å². The van der Waals surface area contributed by atoms with Gasteiger partial charge in [-0.15, -0.1) is 0 Å². The number of nitrogens with one attached hydrogen (secondary N) is 3. The number of para-hydroxylation sites is 2. The Labute approximate surface area is 171 Å². The summed E-state index contributed by atoms with van der Waals surface area (Å²) in [5.74, 6) is 0.717. The van der Waals surface area contributed by atoms with Gasteiger partial charge in [-0.25, -0.2) is 4.79 Å². The van der Waals surface area contributed by atoms with E-state index in [4.69, 9.17) is 4.74 Å². The molecule has 0 fully saturated rings. The van der Waals surface area contributed by atoms with E-state index >= 15 is 0 Å². The number of amides is 3. The predicted molar refractivity (Wildman–Crippen MR) is 114 cm³/mol. The van der Waals surface area contributed by atoms with E-state index in [0.717, 1.165) is 5.56 Å². The number of urea groups is 1. The molecule has 0 aromatic heterocycles. The van der Waals surface area contributed by atoms with Gasteiger partial charge in [-0.2, -0.15) is 0 Å². The van der Waals surface area contributed by atoms with Crippen LogP contribution >= 0.6 is 0 Å². The van der Waals surface area contributed by atoms with Crippen molar-refractivity contribution < 1.29 is 14.3 Å². The fourth-order valence-electron chi connectivity index (χ4n) is 3.36. The molecule has 1 aliphatic rings. The molecule has 3 N–H and O–H groups in total. The van der Waals surface area contributed by atoms with Gasteiger partial charge in [0, 0.05) is 5.70 Å². The zero-order valence-electron chi connectivity index (χ0n) is 17.2. The van der Waals surface area contributed by atoms with Gasteiger partial charge in [-0.1, -0.05) is 50.2 Å². The lowest BCUT2D eigenvalue weighted by molar-refractivity contribution is -0.113. The van der Waals surface area contributed by atoms with Gasteiger partial charge in [0.05, 0.1) is 23.9 Å². The van der Waals surface area contributed by atoms with Crippen molar-refractivity contribution in [3.63, 3.8) is 0 Å². The van der Waals surface area contributed by atoms with Crippen molar-refractivity contribution in [2.45, 2.75) is 39.7 Å². The van der Waals surface area contributed by atoms with Crippen LogP contribution in [0.25, 0.3) is 0 Å². The Balaban J connectivity index is 1.92. The fraction of sp³-hybridized carbons (Fsp3) is 0.304. The van der Waals surface area contributed by atoms with Crippen LogP contribution in [0.1, 0.15) is 50.8 Å². The number of carbonyl (C=O) groups excluding carboxylic acids is 2. The molecule has 0 bridgehead atoms. The molecule has 2 aromatic carbocycles. The van der Waals surface area contributed by atoms with E-state index in [1.54, 1.807) is 13.0 Å². The summed E-state index contributed by atoms with van der Waals surface area (Å²) in [4.78, 5) is 25.3. The van der Waals surface area contributed by atoms with E-state index in [2.05, 4.69) is 29.8 Å². The lowest BCUT2D eigenvalue weighted by atomic mass is 9.92. The Morgan fingerprint density at radius 1 is 1.14 bits per heavy atom. The maximum absolute atomic E-state index is 13.2. The van der Waals surface area contributed by atoms with Gasteiger partial charge in [-0.3, -0.25) is 4.79 Å². The predicted octanol–water partition coefficient (Wildman–Crippen LogP) is 4.48. The van der Waals surface area contributed by atoms with Gasteiger partial charge in [0.1, 0.15) is 5.75 Å². The average Bonchev–Trinajstić information content (AvgIpc) is 2.69.